The molecule has 1 N–H and O–H groups in total. The molecular formula is C11H13ClFNO. The molecule has 0 aliphatic heterocycles. The van der Waals surface area contributed by atoms with Gasteiger partial charge in [-0.2, -0.15) is 0 Å². The van der Waals surface area contributed by atoms with E-state index in [9.17, 15) is 4.39 Å². The van der Waals surface area contributed by atoms with Gasteiger partial charge in [0, 0.05) is 6.04 Å². The molecule has 1 saturated carbocycles. The molecule has 0 radical (unpaired) electrons. The summed E-state index contributed by atoms with van der Waals surface area (Å²) >= 11 is 5.65. The maximum atomic E-state index is 13.4. The van der Waals surface area contributed by atoms with Crippen LogP contribution in [-0.4, -0.2) is 19.2 Å². The molecule has 15 heavy (non-hydrogen) atoms. The van der Waals surface area contributed by atoms with Crippen LogP contribution in [-0.2, 0) is 0 Å². The second-order valence-electron chi connectivity index (χ2n) is 3.75. The van der Waals surface area contributed by atoms with Crippen molar-refractivity contribution in [3.8, 4) is 5.75 Å². The van der Waals surface area contributed by atoms with Gasteiger partial charge in [-0.15, -0.1) is 0 Å². The Morgan fingerprint density at radius 2 is 2.20 bits per heavy atom. The second-order valence-corrected chi connectivity index (χ2v) is 4.16. The summed E-state index contributed by atoms with van der Waals surface area (Å²) in [6, 6.07) is 5.31. The average Bonchev–Trinajstić information content (AvgIpc) is 2.17. The van der Waals surface area contributed by atoms with Crippen LogP contribution in [0.5, 0.6) is 5.75 Å². The quantitative estimate of drug-likeness (QED) is 0.860. The number of ether oxygens (including phenoxy) is 1. The van der Waals surface area contributed by atoms with Crippen molar-refractivity contribution in [2.45, 2.75) is 25.0 Å². The minimum absolute atomic E-state index is 0.107. The van der Waals surface area contributed by atoms with Crippen LogP contribution in [0, 0.1) is 5.82 Å². The molecule has 4 heteroatoms. The molecular weight excluding hydrogens is 217 g/mol. The van der Waals surface area contributed by atoms with Gasteiger partial charge in [0.15, 0.2) is 11.6 Å². The monoisotopic (exact) mass is 229 g/mol. The van der Waals surface area contributed by atoms with E-state index in [1.807, 2.05) is 7.05 Å². The van der Waals surface area contributed by atoms with Crippen molar-refractivity contribution in [3.63, 3.8) is 0 Å². The highest BCUT2D eigenvalue weighted by molar-refractivity contribution is 6.30. The Morgan fingerprint density at radius 1 is 1.47 bits per heavy atom. The third kappa shape index (κ3) is 2.24. The number of nitrogens with one attached hydrogen (secondary N) is 1. The van der Waals surface area contributed by atoms with Crippen LogP contribution in [0.4, 0.5) is 4.39 Å². The molecule has 0 saturated heterocycles. The normalized spacial score (nSPS) is 24.7. The molecule has 0 unspecified atom stereocenters. The first-order chi connectivity index (χ1) is 7.20. The van der Waals surface area contributed by atoms with Crippen LogP contribution in [0.3, 0.4) is 0 Å². The average molecular weight is 230 g/mol. The summed E-state index contributed by atoms with van der Waals surface area (Å²) < 4.78 is 18.9. The number of benzene rings is 1. The lowest BCUT2D eigenvalue weighted by Crippen LogP contribution is -2.45. The first-order valence-corrected chi connectivity index (χ1v) is 5.36. The molecule has 0 heterocycles. The van der Waals surface area contributed by atoms with E-state index in [0.29, 0.717) is 6.04 Å². The van der Waals surface area contributed by atoms with Gasteiger partial charge in [0.2, 0.25) is 0 Å². The molecule has 1 aliphatic carbocycles. The zero-order chi connectivity index (χ0) is 10.8. The highest BCUT2D eigenvalue weighted by Crippen LogP contribution is 2.30. The van der Waals surface area contributed by atoms with E-state index >= 15 is 0 Å². The van der Waals surface area contributed by atoms with Crippen molar-refractivity contribution < 1.29 is 9.13 Å². The van der Waals surface area contributed by atoms with E-state index in [-0.39, 0.29) is 16.9 Å². The van der Waals surface area contributed by atoms with Gasteiger partial charge < -0.3 is 10.1 Å². The maximum absolute atomic E-state index is 13.4. The van der Waals surface area contributed by atoms with Crippen molar-refractivity contribution in [1.82, 2.24) is 5.32 Å². The summed E-state index contributed by atoms with van der Waals surface area (Å²) in [5.74, 6) is -0.214. The lowest BCUT2D eigenvalue weighted by molar-refractivity contribution is 0.0844. The molecule has 0 bridgehead atoms. The van der Waals surface area contributed by atoms with Gasteiger partial charge in [0.25, 0.3) is 0 Å². The highest BCUT2D eigenvalue weighted by atomic mass is 35.5. The highest BCUT2D eigenvalue weighted by Gasteiger charge is 2.30. The van der Waals surface area contributed by atoms with Crippen molar-refractivity contribution in [1.29, 1.82) is 0 Å². The van der Waals surface area contributed by atoms with Crippen molar-refractivity contribution in [2.24, 2.45) is 0 Å². The lowest BCUT2D eigenvalue weighted by atomic mass is 9.89. The van der Waals surface area contributed by atoms with Crippen molar-refractivity contribution >= 4 is 11.6 Å². The molecule has 1 aliphatic rings. The number of hydrogen-bond acceptors (Lipinski definition) is 2. The zero-order valence-electron chi connectivity index (χ0n) is 8.47. The summed E-state index contributed by atoms with van der Waals surface area (Å²) in [5, 5.41) is 3.25. The summed E-state index contributed by atoms with van der Waals surface area (Å²) in [5.41, 5.74) is 0. The van der Waals surface area contributed by atoms with Crippen LogP contribution in [0.25, 0.3) is 0 Å². The van der Waals surface area contributed by atoms with E-state index in [1.54, 1.807) is 12.1 Å². The molecule has 1 fully saturated rings. The predicted octanol–water partition coefficient (Wildman–Crippen LogP) is 2.61. The van der Waals surface area contributed by atoms with E-state index in [0.717, 1.165) is 12.8 Å². The molecule has 1 aromatic carbocycles. The topological polar surface area (TPSA) is 21.3 Å². The molecule has 82 valence electrons. The Labute approximate surface area is 93.4 Å². The lowest BCUT2D eigenvalue weighted by Gasteiger charge is -2.35. The standard InChI is InChI=1S/C11H13ClFNO/c1-14-7-5-8(6-7)15-10-4-2-3-9(12)11(10)13/h2-4,7-8,14H,5-6H2,1H3. The van der Waals surface area contributed by atoms with Crippen LogP contribution in [0.15, 0.2) is 18.2 Å². The van der Waals surface area contributed by atoms with E-state index in [4.69, 9.17) is 16.3 Å². The third-order valence-electron chi connectivity index (χ3n) is 2.71. The molecule has 0 amide bonds. The summed E-state index contributed by atoms with van der Waals surface area (Å²) in [4.78, 5) is 0. The Morgan fingerprint density at radius 3 is 2.87 bits per heavy atom. The first-order valence-electron chi connectivity index (χ1n) is 4.98. The van der Waals surface area contributed by atoms with Crippen LogP contribution >= 0.6 is 11.6 Å². The molecule has 2 nitrogen and oxygen atoms in total. The Balaban J connectivity index is 1.97. The maximum Gasteiger partial charge on any atom is 0.183 e. The predicted molar refractivity (Wildman–Crippen MR) is 57.9 cm³/mol. The Kier molecular flexibility index (Phi) is 3.12. The smallest absolute Gasteiger partial charge is 0.183 e. The first kappa shape index (κ1) is 10.7. The fourth-order valence-corrected chi connectivity index (χ4v) is 1.82. The fraction of sp³-hybridized carbons (Fsp3) is 0.455. The van der Waals surface area contributed by atoms with Crippen LogP contribution in [0.2, 0.25) is 5.02 Å². The molecule has 1 aromatic rings. The Hall–Kier alpha value is -0.800. The largest absolute Gasteiger partial charge is 0.487 e. The second kappa shape index (κ2) is 4.37. The summed E-state index contributed by atoms with van der Waals surface area (Å²) in [7, 11) is 1.92. The minimum atomic E-state index is -0.466. The van der Waals surface area contributed by atoms with Gasteiger partial charge in [0.05, 0.1) is 5.02 Å². The number of hydrogen-bond donors (Lipinski definition) is 1. The zero-order valence-corrected chi connectivity index (χ0v) is 9.22. The molecule has 0 atom stereocenters. The minimum Gasteiger partial charge on any atom is -0.487 e. The Bertz CT molecular complexity index is 352. The van der Waals surface area contributed by atoms with Gasteiger partial charge >= 0.3 is 0 Å². The van der Waals surface area contributed by atoms with Gasteiger partial charge in [-0.1, -0.05) is 17.7 Å². The van der Waals surface area contributed by atoms with Gasteiger partial charge in [-0.05, 0) is 32.0 Å². The van der Waals surface area contributed by atoms with E-state index < -0.39 is 5.82 Å². The van der Waals surface area contributed by atoms with Gasteiger partial charge in [-0.25, -0.2) is 4.39 Å². The number of rotatable bonds is 3. The molecule has 2 rings (SSSR count). The van der Waals surface area contributed by atoms with Crippen molar-refractivity contribution in [3.05, 3.63) is 29.0 Å². The number of halogens is 2. The third-order valence-corrected chi connectivity index (χ3v) is 3.00. The fourth-order valence-electron chi connectivity index (χ4n) is 1.65. The van der Waals surface area contributed by atoms with E-state index in [2.05, 4.69) is 5.32 Å². The van der Waals surface area contributed by atoms with Gasteiger partial charge in [-0.3, -0.25) is 0 Å². The molecule has 0 spiro atoms. The summed E-state index contributed by atoms with van der Waals surface area (Å²) in [6.45, 7) is 0. The van der Waals surface area contributed by atoms with E-state index in [1.165, 1.54) is 6.07 Å². The SMILES string of the molecule is CNC1CC(Oc2cccc(Cl)c2F)C1. The van der Waals surface area contributed by atoms with Crippen LogP contribution in [0.1, 0.15) is 12.8 Å². The van der Waals surface area contributed by atoms with Gasteiger partial charge in [0.1, 0.15) is 6.10 Å². The van der Waals surface area contributed by atoms with Crippen LogP contribution < -0.4 is 10.1 Å². The van der Waals surface area contributed by atoms with Crippen molar-refractivity contribution in [2.75, 3.05) is 7.05 Å². The molecule has 0 aromatic heterocycles. The summed E-state index contributed by atoms with van der Waals surface area (Å²) in [6.07, 6.45) is 1.95.